The topological polar surface area (TPSA) is 98.8 Å². The second-order valence-corrected chi connectivity index (χ2v) is 9.86. The van der Waals surface area contributed by atoms with Crippen molar-refractivity contribution in [2.45, 2.75) is 79.3 Å². The van der Waals surface area contributed by atoms with E-state index in [-0.39, 0.29) is 36.2 Å². The molecule has 0 saturated carbocycles. The van der Waals surface area contributed by atoms with Gasteiger partial charge in [-0.15, -0.1) is 0 Å². The third kappa shape index (κ3) is 10.1. The lowest BCUT2D eigenvalue weighted by Gasteiger charge is -2.30. The van der Waals surface area contributed by atoms with Gasteiger partial charge in [-0.25, -0.2) is 0 Å². The van der Waals surface area contributed by atoms with Gasteiger partial charge in [-0.1, -0.05) is 43.2 Å². The summed E-state index contributed by atoms with van der Waals surface area (Å²) in [4.78, 5) is 52.1. The van der Waals surface area contributed by atoms with Crippen molar-refractivity contribution in [1.82, 2.24) is 20.4 Å². The number of carbonyl (C=O) groups is 4. The van der Waals surface area contributed by atoms with E-state index in [4.69, 9.17) is 0 Å². The Morgan fingerprint density at radius 2 is 1.80 bits per heavy atom. The minimum absolute atomic E-state index is 0.0624. The van der Waals surface area contributed by atoms with E-state index in [1.165, 1.54) is 11.1 Å². The summed E-state index contributed by atoms with van der Waals surface area (Å²) >= 11 is 0. The molecule has 8 heteroatoms. The monoisotopic (exact) mass is 488 g/mol. The largest absolute Gasteiger partial charge is 0.351 e. The zero-order valence-corrected chi connectivity index (χ0v) is 22.5. The third-order valence-electron chi connectivity index (χ3n) is 6.25. The Morgan fingerprint density at radius 1 is 1.11 bits per heavy atom. The first-order valence-corrected chi connectivity index (χ1v) is 12.5. The average molecular weight is 489 g/mol. The highest BCUT2D eigenvalue weighted by Crippen LogP contribution is 2.21. The van der Waals surface area contributed by atoms with Gasteiger partial charge in [-0.2, -0.15) is 0 Å². The Labute approximate surface area is 210 Å². The fourth-order valence-electron chi connectivity index (χ4n) is 4.14. The summed E-state index contributed by atoms with van der Waals surface area (Å²) < 4.78 is 0. The molecule has 4 amide bonds. The highest BCUT2D eigenvalue weighted by atomic mass is 16.2. The summed E-state index contributed by atoms with van der Waals surface area (Å²) in [5.74, 6) is -0.499. The van der Waals surface area contributed by atoms with Gasteiger partial charge >= 0.3 is 0 Å². The van der Waals surface area contributed by atoms with Crippen molar-refractivity contribution in [3.63, 3.8) is 0 Å². The number of amides is 4. The summed E-state index contributed by atoms with van der Waals surface area (Å²) in [7, 11) is 1.66. The van der Waals surface area contributed by atoms with Gasteiger partial charge in [0.2, 0.25) is 24.1 Å². The molecule has 35 heavy (non-hydrogen) atoms. The molecule has 0 aromatic carbocycles. The van der Waals surface area contributed by atoms with Crippen LogP contribution in [-0.2, 0) is 19.2 Å². The highest BCUT2D eigenvalue weighted by molar-refractivity contribution is 5.97. The van der Waals surface area contributed by atoms with E-state index in [1.807, 2.05) is 19.9 Å². The fourth-order valence-corrected chi connectivity index (χ4v) is 4.14. The molecule has 1 fully saturated rings. The molecule has 2 N–H and O–H groups in total. The Kier molecular flexibility index (Phi) is 13.1. The van der Waals surface area contributed by atoms with Crippen molar-refractivity contribution in [3.8, 4) is 0 Å². The molecule has 1 aliphatic rings. The van der Waals surface area contributed by atoms with Crippen LogP contribution < -0.4 is 10.6 Å². The number of hydrogen-bond donors (Lipinski definition) is 2. The van der Waals surface area contributed by atoms with Gasteiger partial charge in [0.25, 0.3) is 0 Å². The van der Waals surface area contributed by atoms with E-state index in [0.717, 1.165) is 19.3 Å². The maximum absolute atomic E-state index is 13.2. The van der Waals surface area contributed by atoms with Gasteiger partial charge in [-0.3, -0.25) is 19.2 Å². The van der Waals surface area contributed by atoms with Crippen molar-refractivity contribution in [2.24, 2.45) is 5.92 Å². The highest BCUT2D eigenvalue weighted by Gasteiger charge is 2.34. The lowest BCUT2D eigenvalue weighted by atomic mass is 9.99. The molecule has 2 atom stereocenters. The standard InChI is InChI=1S/C27H44N4O4/c1-19(2)10-8-11-21(5)13-14-29-26(34)23-12-9-15-31(23)27(35)22(6)16-24(20(3)4)30(7)25(33)17-28-18-32/h10,13,16,18,20,23-24H,8-9,11-12,14-15,17H2,1-7H3,(H,28,32)(H,29,34)/b21-13+,22-16+/t23-,24+/m0/s1. The second kappa shape index (κ2) is 15.2. The second-order valence-electron chi connectivity index (χ2n) is 9.86. The molecule has 8 nitrogen and oxygen atoms in total. The van der Waals surface area contributed by atoms with Crippen molar-refractivity contribution in [3.05, 3.63) is 34.9 Å². The van der Waals surface area contributed by atoms with Gasteiger partial charge in [0, 0.05) is 25.7 Å². The SMILES string of the molecule is CC(C)=CCC/C(C)=C/CNC(=O)[C@@H]1CCCN1C(=O)/C(C)=C/[C@H](C(C)C)N(C)C(=O)CNC=O. The zero-order chi connectivity index (χ0) is 26.5. The van der Waals surface area contributed by atoms with Gasteiger partial charge < -0.3 is 20.4 Å². The number of allylic oxidation sites excluding steroid dienone is 3. The molecule has 1 heterocycles. The van der Waals surface area contributed by atoms with Crippen LogP contribution in [0.2, 0.25) is 0 Å². The molecule has 0 spiro atoms. The lowest BCUT2D eigenvalue weighted by molar-refractivity contribution is -0.135. The average Bonchev–Trinajstić information content (AvgIpc) is 3.29. The smallest absolute Gasteiger partial charge is 0.249 e. The van der Waals surface area contributed by atoms with E-state index in [1.54, 1.807) is 29.8 Å². The van der Waals surface area contributed by atoms with Crippen LogP contribution in [0.1, 0.15) is 67.2 Å². The summed E-state index contributed by atoms with van der Waals surface area (Å²) in [5, 5.41) is 5.34. The molecular formula is C27H44N4O4. The molecule has 1 aliphatic heterocycles. The maximum atomic E-state index is 13.2. The van der Waals surface area contributed by atoms with Crippen LogP contribution in [0.15, 0.2) is 34.9 Å². The third-order valence-corrected chi connectivity index (χ3v) is 6.25. The summed E-state index contributed by atoms with van der Waals surface area (Å²) in [6.07, 6.45) is 9.86. The van der Waals surface area contributed by atoms with Gasteiger partial charge in [-0.05, 0) is 59.3 Å². The van der Waals surface area contributed by atoms with Crippen LogP contribution in [0, 0.1) is 5.92 Å². The Morgan fingerprint density at radius 3 is 2.40 bits per heavy atom. The zero-order valence-electron chi connectivity index (χ0n) is 22.5. The van der Waals surface area contributed by atoms with Crippen LogP contribution in [-0.4, -0.2) is 72.7 Å². The number of hydrogen-bond acceptors (Lipinski definition) is 4. The van der Waals surface area contributed by atoms with Crippen LogP contribution >= 0.6 is 0 Å². The van der Waals surface area contributed by atoms with E-state index in [9.17, 15) is 19.2 Å². The first kappa shape index (κ1) is 30.1. The van der Waals surface area contributed by atoms with E-state index >= 15 is 0 Å². The Balaban J connectivity index is 2.80. The fraction of sp³-hybridized carbons (Fsp3) is 0.630. The molecule has 196 valence electrons. The minimum atomic E-state index is -0.487. The molecule has 0 aliphatic carbocycles. The number of nitrogens with one attached hydrogen (secondary N) is 2. The first-order valence-electron chi connectivity index (χ1n) is 12.5. The lowest BCUT2D eigenvalue weighted by Crippen LogP contribution is -2.47. The van der Waals surface area contributed by atoms with Crippen LogP contribution in [0.5, 0.6) is 0 Å². The summed E-state index contributed by atoms with van der Waals surface area (Å²) in [6.45, 7) is 12.8. The minimum Gasteiger partial charge on any atom is -0.351 e. The normalized spacial score (nSPS) is 17.1. The van der Waals surface area contributed by atoms with E-state index in [0.29, 0.717) is 31.5 Å². The number of likely N-dealkylation sites (N-methyl/N-ethyl adjacent to an activating group) is 1. The van der Waals surface area contributed by atoms with E-state index in [2.05, 4.69) is 37.5 Å². The predicted octanol–water partition coefficient (Wildman–Crippen LogP) is 2.96. The van der Waals surface area contributed by atoms with Crippen LogP contribution in [0.4, 0.5) is 0 Å². The molecular weight excluding hydrogens is 444 g/mol. The molecule has 0 aromatic heterocycles. The Hall–Kier alpha value is -2.90. The number of rotatable bonds is 13. The van der Waals surface area contributed by atoms with Crippen LogP contribution in [0.25, 0.3) is 0 Å². The molecule has 1 rings (SSSR count). The number of nitrogens with zero attached hydrogens (tertiary/aromatic N) is 2. The quantitative estimate of drug-likeness (QED) is 0.237. The van der Waals surface area contributed by atoms with Crippen molar-refractivity contribution in [2.75, 3.05) is 26.7 Å². The van der Waals surface area contributed by atoms with Crippen LogP contribution in [0.3, 0.4) is 0 Å². The van der Waals surface area contributed by atoms with Crippen molar-refractivity contribution in [1.29, 1.82) is 0 Å². The molecule has 0 radical (unpaired) electrons. The first-order chi connectivity index (χ1) is 16.5. The molecule has 0 bridgehead atoms. The predicted molar refractivity (Wildman–Crippen MR) is 139 cm³/mol. The van der Waals surface area contributed by atoms with Gasteiger partial charge in [0.1, 0.15) is 6.04 Å². The van der Waals surface area contributed by atoms with E-state index < -0.39 is 6.04 Å². The molecule has 0 unspecified atom stereocenters. The van der Waals surface area contributed by atoms with Gasteiger partial charge in [0.15, 0.2) is 0 Å². The van der Waals surface area contributed by atoms with Crippen molar-refractivity contribution >= 4 is 24.1 Å². The maximum Gasteiger partial charge on any atom is 0.249 e. The summed E-state index contributed by atoms with van der Waals surface area (Å²) in [5.41, 5.74) is 3.03. The molecule has 0 aromatic rings. The number of carbonyl (C=O) groups excluding carboxylic acids is 4. The summed E-state index contributed by atoms with van der Waals surface area (Å²) in [6, 6.07) is -0.798. The van der Waals surface area contributed by atoms with Gasteiger partial charge in [0.05, 0.1) is 12.6 Å². The molecule has 1 saturated heterocycles. The van der Waals surface area contributed by atoms with Crippen molar-refractivity contribution < 1.29 is 19.2 Å². The Bertz CT molecular complexity index is 840. The number of likely N-dealkylation sites (tertiary alicyclic amines) is 1.